The number of hydrogen-bond acceptors (Lipinski definition) is 6. The molecule has 0 N–H and O–H groups in total. The second-order valence-electron chi connectivity index (χ2n) is 9.48. The summed E-state index contributed by atoms with van der Waals surface area (Å²) >= 11 is 0. The van der Waals surface area contributed by atoms with Gasteiger partial charge in [-0.05, 0) is 84.7 Å². The first-order chi connectivity index (χ1) is 20.0. The molecule has 0 aromatic heterocycles. The van der Waals surface area contributed by atoms with Crippen molar-refractivity contribution in [2.45, 2.75) is 19.8 Å². The molecule has 5 rings (SSSR count). The Balaban J connectivity index is 1.26. The van der Waals surface area contributed by atoms with E-state index in [9.17, 15) is 9.59 Å². The third-order valence-electron chi connectivity index (χ3n) is 6.40. The molecule has 0 bridgehead atoms. The van der Waals surface area contributed by atoms with Crippen molar-refractivity contribution in [2.24, 2.45) is 0 Å². The van der Waals surface area contributed by atoms with E-state index in [1.165, 1.54) is 11.1 Å². The first-order valence-corrected chi connectivity index (χ1v) is 13.1. The Morgan fingerprint density at radius 1 is 0.561 bits per heavy atom. The molecule has 4 aromatic rings. The van der Waals surface area contributed by atoms with Gasteiger partial charge in [-0.3, -0.25) is 0 Å². The van der Waals surface area contributed by atoms with Crippen molar-refractivity contribution in [3.8, 4) is 23.0 Å². The SMILES string of the molecule is CC(C)=C1C(c2ccc(OC(=O)Oc3ccccc3)cc2)=CC=CC1c1ccc(OC(=O)Oc2ccccc2)cc1. The fraction of sp³-hybridized carbons (Fsp3) is 0.0857. The third-order valence-corrected chi connectivity index (χ3v) is 6.40. The Morgan fingerprint density at radius 3 is 1.46 bits per heavy atom. The van der Waals surface area contributed by atoms with Crippen molar-refractivity contribution in [3.05, 3.63) is 150 Å². The summed E-state index contributed by atoms with van der Waals surface area (Å²) in [7, 11) is 0. The van der Waals surface area contributed by atoms with Crippen molar-refractivity contribution in [1.29, 1.82) is 0 Å². The van der Waals surface area contributed by atoms with Crippen molar-refractivity contribution < 1.29 is 28.5 Å². The monoisotopic (exact) mass is 544 g/mol. The average molecular weight is 545 g/mol. The molecule has 0 fully saturated rings. The molecular weight excluding hydrogens is 516 g/mol. The first-order valence-electron chi connectivity index (χ1n) is 13.1. The summed E-state index contributed by atoms with van der Waals surface area (Å²) in [4.78, 5) is 24.3. The molecule has 1 aliphatic carbocycles. The smallest absolute Gasteiger partial charge is 0.395 e. The fourth-order valence-corrected chi connectivity index (χ4v) is 4.58. The van der Waals surface area contributed by atoms with E-state index in [1.54, 1.807) is 72.8 Å². The predicted molar refractivity (Wildman–Crippen MR) is 157 cm³/mol. The van der Waals surface area contributed by atoms with E-state index in [4.69, 9.17) is 18.9 Å². The van der Waals surface area contributed by atoms with Crippen LogP contribution in [0, 0.1) is 0 Å². The highest BCUT2D eigenvalue weighted by molar-refractivity contribution is 5.85. The fourth-order valence-electron chi connectivity index (χ4n) is 4.58. The molecular formula is C35H28O6. The normalized spacial score (nSPS) is 14.0. The molecule has 0 radical (unpaired) electrons. The summed E-state index contributed by atoms with van der Waals surface area (Å²) in [5, 5.41) is 0. The van der Waals surface area contributed by atoms with Crippen LogP contribution in [0.3, 0.4) is 0 Å². The number of hydrogen-bond donors (Lipinski definition) is 0. The summed E-state index contributed by atoms with van der Waals surface area (Å²) in [6.45, 7) is 4.17. The molecule has 1 unspecified atom stereocenters. The highest BCUT2D eigenvalue weighted by atomic mass is 16.7. The number of allylic oxidation sites excluding steroid dienone is 6. The molecule has 1 atom stereocenters. The van der Waals surface area contributed by atoms with Gasteiger partial charge >= 0.3 is 12.3 Å². The summed E-state index contributed by atoms with van der Waals surface area (Å²) in [6.07, 6.45) is 4.67. The van der Waals surface area contributed by atoms with E-state index < -0.39 is 12.3 Å². The number of carbonyl (C=O) groups excluding carboxylic acids is 2. The van der Waals surface area contributed by atoms with Crippen LogP contribution >= 0.6 is 0 Å². The van der Waals surface area contributed by atoms with Crippen molar-refractivity contribution >= 4 is 17.9 Å². The minimum atomic E-state index is -0.797. The Kier molecular flexibility index (Phi) is 8.41. The minimum Gasteiger partial charge on any atom is -0.395 e. The molecule has 4 aromatic carbocycles. The van der Waals surface area contributed by atoms with Gasteiger partial charge in [0.05, 0.1) is 0 Å². The number of para-hydroxylation sites is 2. The third kappa shape index (κ3) is 6.99. The Bertz CT molecular complexity index is 1600. The van der Waals surface area contributed by atoms with Crippen LogP contribution in [0.2, 0.25) is 0 Å². The van der Waals surface area contributed by atoms with Gasteiger partial charge in [0.2, 0.25) is 0 Å². The summed E-state index contributed by atoms with van der Waals surface area (Å²) in [6, 6.07) is 32.3. The highest BCUT2D eigenvalue weighted by Gasteiger charge is 2.23. The van der Waals surface area contributed by atoms with Gasteiger partial charge in [-0.1, -0.05) is 84.5 Å². The lowest BCUT2D eigenvalue weighted by molar-refractivity contribution is 0.150. The van der Waals surface area contributed by atoms with E-state index in [-0.39, 0.29) is 5.92 Å². The van der Waals surface area contributed by atoms with Gasteiger partial charge in [-0.15, -0.1) is 0 Å². The number of rotatable bonds is 6. The Hall–Kier alpha value is -5.36. The van der Waals surface area contributed by atoms with Crippen LogP contribution in [0.5, 0.6) is 23.0 Å². The van der Waals surface area contributed by atoms with Crippen LogP contribution in [0.15, 0.2) is 139 Å². The maximum Gasteiger partial charge on any atom is 0.519 e. The first kappa shape index (κ1) is 27.2. The quantitative estimate of drug-likeness (QED) is 0.178. The zero-order valence-electron chi connectivity index (χ0n) is 22.7. The predicted octanol–water partition coefficient (Wildman–Crippen LogP) is 8.92. The van der Waals surface area contributed by atoms with Gasteiger partial charge in [0.15, 0.2) is 0 Å². The lowest BCUT2D eigenvalue weighted by atomic mass is 9.78. The van der Waals surface area contributed by atoms with E-state index in [0.29, 0.717) is 23.0 Å². The second kappa shape index (κ2) is 12.7. The molecule has 0 amide bonds. The number of benzene rings is 4. The molecule has 0 aliphatic heterocycles. The molecule has 6 heteroatoms. The van der Waals surface area contributed by atoms with Crippen molar-refractivity contribution in [1.82, 2.24) is 0 Å². The molecule has 204 valence electrons. The molecule has 0 saturated carbocycles. The van der Waals surface area contributed by atoms with Gasteiger partial charge in [-0.2, -0.15) is 0 Å². The number of carbonyl (C=O) groups is 2. The standard InChI is InChI=1S/C35H28O6/c1-24(2)33-31(25-16-20-29(21-17-25)40-34(36)38-27-10-5-3-6-11-27)14-9-15-32(33)26-18-22-30(23-19-26)41-35(37)39-28-12-7-4-8-13-28/h3-23,31H,1-2H3. The number of ether oxygens (including phenoxy) is 4. The minimum absolute atomic E-state index is 0.00194. The van der Waals surface area contributed by atoms with Crippen LogP contribution in [0.1, 0.15) is 30.9 Å². The second-order valence-corrected chi connectivity index (χ2v) is 9.48. The molecule has 1 aliphatic rings. The average Bonchev–Trinajstić information content (AvgIpc) is 2.98. The molecule has 41 heavy (non-hydrogen) atoms. The van der Waals surface area contributed by atoms with Gasteiger partial charge in [0.25, 0.3) is 0 Å². The molecule has 6 nitrogen and oxygen atoms in total. The van der Waals surface area contributed by atoms with Crippen LogP contribution in [0.4, 0.5) is 9.59 Å². The van der Waals surface area contributed by atoms with Gasteiger partial charge in [0.1, 0.15) is 23.0 Å². The lowest BCUT2D eigenvalue weighted by Gasteiger charge is -2.25. The van der Waals surface area contributed by atoms with Crippen molar-refractivity contribution in [3.63, 3.8) is 0 Å². The summed E-state index contributed by atoms with van der Waals surface area (Å²) < 4.78 is 21.1. The van der Waals surface area contributed by atoms with E-state index in [2.05, 4.69) is 26.0 Å². The molecule has 0 spiro atoms. The van der Waals surface area contributed by atoms with Crippen LogP contribution < -0.4 is 18.9 Å². The molecule has 0 heterocycles. The Labute approximate surface area is 238 Å². The zero-order chi connectivity index (χ0) is 28.6. The topological polar surface area (TPSA) is 71.1 Å². The van der Waals surface area contributed by atoms with Crippen LogP contribution in [0.25, 0.3) is 5.57 Å². The van der Waals surface area contributed by atoms with E-state index in [0.717, 1.165) is 16.7 Å². The van der Waals surface area contributed by atoms with Gasteiger partial charge in [-0.25, -0.2) is 9.59 Å². The summed E-state index contributed by atoms with van der Waals surface area (Å²) in [5.41, 5.74) is 5.45. The van der Waals surface area contributed by atoms with Crippen LogP contribution in [-0.2, 0) is 0 Å². The lowest BCUT2D eigenvalue weighted by Crippen LogP contribution is -2.14. The van der Waals surface area contributed by atoms with E-state index >= 15 is 0 Å². The zero-order valence-corrected chi connectivity index (χ0v) is 22.7. The molecule has 0 saturated heterocycles. The maximum atomic E-state index is 12.2. The van der Waals surface area contributed by atoms with Gasteiger partial charge < -0.3 is 18.9 Å². The van der Waals surface area contributed by atoms with Crippen LogP contribution in [-0.4, -0.2) is 12.3 Å². The van der Waals surface area contributed by atoms with Gasteiger partial charge in [0, 0.05) is 5.92 Å². The van der Waals surface area contributed by atoms with Crippen molar-refractivity contribution in [2.75, 3.05) is 0 Å². The highest BCUT2D eigenvalue weighted by Crippen LogP contribution is 2.41. The summed E-state index contributed by atoms with van der Waals surface area (Å²) in [5.74, 6) is 1.62. The largest absolute Gasteiger partial charge is 0.519 e. The Morgan fingerprint density at radius 2 is 1.00 bits per heavy atom. The maximum absolute atomic E-state index is 12.2. The van der Waals surface area contributed by atoms with E-state index in [1.807, 2.05) is 42.5 Å².